The standard InChI is InChI=1S/C7H16N2O2/c1-7(2,11)5(6(8)10)9(3)4/h5,11H,1-4H3,(H2,8,10)/t5-/m1/s1. The van der Waals surface area contributed by atoms with Gasteiger partial charge in [0.05, 0.1) is 5.60 Å². The van der Waals surface area contributed by atoms with Gasteiger partial charge in [-0.2, -0.15) is 0 Å². The lowest BCUT2D eigenvalue weighted by molar-refractivity contribution is -0.130. The molecule has 0 aromatic rings. The van der Waals surface area contributed by atoms with Crippen LogP contribution in [0.4, 0.5) is 0 Å². The summed E-state index contributed by atoms with van der Waals surface area (Å²) in [7, 11) is 3.40. The lowest BCUT2D eigenvalue weighted by Gasteiger charge is -2.31. The number of nitrogens with two attached hydrogens (primary N) is 1. The lowest BCUT2D eigenvalue weighted by Crippen LogP contribution is -2.53. The molecule has 3 N–H and O–H groups in total. The zero-order valence-electron chi connectivity index (χ0n) is 7.46. The average Bonchev–Trinajstić information content (AvgIpc) is 1.54. The number of primary amides is 1. The van der Waals surface area contributed by atoms with Crippen LogP contribution in [-0.4, -0.2) is 41.7 Å². The van der Waals surface area contributed by atoms with Crippen LogP contribution in [0, 0.1) is 0 Å². The van der Waals surface area contributed by atoms with Crippen molar-refractivity contribution in [3.05, 3.63) is 0 Å². The highest BCUT2D eigenvalue weighted by Gasteiger charge is 2.33. The van der Waals surface area contributed by atoms with Crippen LogP contribution in [0.2, 0.25) is 0 Å². The molecule has 0 rings (SSSR count). The number of amides is 1. The first-order valence-electron chi connectivity index (χ1n) is 3.45. The molecule has 4 nitrogen and oxygen atoms in total. The topological polar surface area (TPSA) is 66.6 Å². The summed E-state index contributed by atoms with van der Waals surface area (Å²) >= 11 is 0. The summed E-state index contributed by atoms with van der Waals surface area (Å²) < 4.78 is 0. The van der Waals surface area contributed by atoms with Crippen molar-refractivity contribution in [3.63, 3.8) is 0 Å². The molecule has 0 fully saturated rings. The second-order valence-electron chi connectivity index (χ2n) is 3.42. The van der Waals surface area contributed by atoms with E-state index in [9.17, 15) is 9.90 Å². The summed E-state index contributed by atoms with van der Waals surface area (Å²) in [5.41, 5.74) is 4.00. The van der Waals surface area contributed by atoms with E-state index < -0.39 is 17.6 Å². The van der Waals surface area contributed by atoms with Gasteiger partial charge in [-0.25, -0.2) is 0 Å². The molecule has 0 saturated carbocycles. The first-order valence-corrected chi connectivity index (χ1v) is 3.45. The molecule has 0 aliphatic carbocycles. The fourth-order valence-electron chi connectivity index (χ4n) is 1.23. The molecular weight excluding hydrogens is 144 g/mol. The van der Waals surface area contributed by atoms with Crippen molar-refractivity contribution in [2.24, 2.45) is 5.73 Å². The highest BCUT2D eigenvalue weighted by Crippen LogP contribution is 2.12. The number of likely N-dealkylation sites (N-methyl/N-ethyl adjacent to an activating group) is 1. The van der Waals surface area contributed by atoms with Crippen LogP contribution in [0.15, 0.2) is 0 Å². The van der Waals surface area contributed by atoms with E-state index in [4.69, 9.17) is 5.73 Å². The largest absolute Gasteiger partial charge is 0.388 e. The van der Waals surface area contributed by atoms with Crippen molar-refractivity contribution in [2.75, 3.05) is 14.1 Å². The summed E-state index contributed by atoms with van der Waals surface area (Å²) in [4.78, 5) is 12.4. The molecule has 11 heavy (non-hydrogen) atoms. The maximum absolute atomic E-state index is 10.8. The SMILES string of the molecule is CN(C)[C@H](C(N)=O)C(C)(C)O. The third-order valence-electron chi connectivity index (χ3n) is 1.46. The Morgan fingerprint density at radius 2 is 1.91 bits per heavy atom. The second kappa shape index (κ2) is 3.19. The number of hydrogen-bond acceptors (Lipinski definition) is 3. The zero-order valence-corrected chi connectivity index (χ0v) is 7.46. The maximum Gasteiger partial charge on any atom is 0.237 e. The smallest absolute Gasteiger partial charge is 0.237 e. The van der Waals surface area contributed by atoms with Crippen molar-refractivity contribution in [1.82, 2.24) is 4.90 Å². The Morgan fingerprint density at radius 3 is 1.91 bits per heavy atom. The lowest BCUT2D eigenvalue weighted by atomic mass is 9.97. The molecular formula is C7H16N2O2. The third kappa shape index (κ3) is 2.86. The highest BCUT2D eigenvalue weighted by molar-refractivity contribution is 5.81. The van der Waals surface area contributed by atoms with Gasteiger partial charge >= 0.3 is 0 Å². The Kier molecular flexibility index (Phi) is 3.02. The van der Waals surface area contributed by atoms with Gasteiger partial charge < -0.3 is 10.8 Å². The zero-order chi connectivity index (χ0) is 9.23. The molecule has 0 aliphatic heterocycles. The van der Waals surface area contributed by atoms with Gasteiger partial charge in [0.25, 0.3) is 0 Å². The highest BCUT2D eigenvalue weighted by atomic mass is 16.3. The number of rotatable bonds is 3. The van der Waals surface area contributed by atoms with Crippen LogP contribution in [0.5, 0.6) is 0 Å². The minimum Gasteiger partial charge on any atom is -0.388 e. The Balaban J connectivity index is 4.49. The Labute approximate surface area is 67.0 Å². The fraction of sp³-hybridized carbons (Fsp3) is 0.857. The Morgan fingerprint density at radius 1 is 1.55 bits per heavy atom. The number of aliphatic hydroxyl groups is 1. The molecule has 0 aromatic carbocycles. The molecule has 1 atom stereocenters. The van der Waals surface area contributed by atoms with E-state index >= 15 is 0 Å². The summed E-state index contributed by atoms with van der Waals surface area (Å²) in [6, 6.07) is -0.637. The molecule has 0 bridgehead atoms. The van der Waals surface area contributed by atoms with E-state index in [2.05, 4.69) is 0 Å². The summed E-state index contributed by atoms with van der Waals surface area (Å²) in [6.45, 7) is 3.12. The molecule has 0 aliphatic rings. The monoisotopic (exact) mass is 160 g/mol. The van der Waals surface area contributed by atoms with Crippen molar-refractivity contribution in [1.29, 1.82) is 0 Å². The molecule has 0 heterocycles. The van der Waals surface area contributed by atoms with Crippen LogP contribution in [0.25, 0.3) is 0 Å². The quantitative estimate of drug-likeness (QED) is 0.566. The number of nitrogens with zero attached hydrogens (tertiary/aromatic N) is 1. The fourth-order valence-corrected chi connectivity index (χ4v) is 1.23. The first-order chi connectivity index (χ1) is 4.76. The molecule has 0 radical (unpaired) electrons. The maximum atomic E-state index is 10.8. The van der Waals surface area contributed by atoms with Gasteiger partial charge in [-0.05, 0) is 27.9 Å². The number of hydrogen-bond donors (Lipinski definition) is 2. The Hall–Kier alpha value is -0.610. The van der Waals surface area contributed by atoms with Gasteiger partial charge in [-0.15, -0.1) is 0 Å². The molecule has 4 heteroatoms. The van der Waals surface area contributed by atoms with Gasteiger partial charge in [0.2, 0.25) is 5.91 Å². The van der Waals surface area contributed by atoms with Crippen LogP contribution in [0.3, 0.4) is 0 Å². The van der Waals surface area contributed by atoms with Crippen LogP contribution >= 0.6 is 0 Å². The van der Waals surface area contributed by atoms with Crippen molar-refractivity contribution >= 4 is 5.91 Å². The van der Waals surface area contributed by atoms with Gasteiger partial charge in [0.15, 0.2) is 0 Å². The molecule has 0 spiro atoms. The predicted octanol–water partition coefficient (Wildman–Crippen LogP) is -0.827. The van der Waals surface area contributed by atoms with E-state index in [1.807, 2.05) is 0 Å². The third-order valence-corrected chi connectivity index (χ3v) is 1.46. The van der Waals surface area contributed by atoms with Gasteiger partial charge in [-0.1, -0.05) is 0 Å². The van der Waals surface area contributed by atoms with Crippen molar-refractivity contribution in [3.8, 4) is 0 Å². The second-order valence-corrected chi connectivity index (χ2v) is 3.42. The van der Waals surface area contributed by atoms with E-state index in [0.29, 0.717) is 0 Å². The van der Waals surface area contributed by atoms with Crippen LogP contribution in [0.1, 0.15) is 13.8 Å². The van der Waals surface area contributed by atoms with Gasteiger partial charge in [0.1, 0.15) is 6.04 Å². The summed E-state index contributed by atoms with van der Waals surface area (Å²) in [5, 5.41) is 9.48. The van der Waals surface area contributed by atoms with E-state index in [-0.39, 0.29) is 0 Å². The minimum absolute atomic E-state index is 0.512. The Bertz CT molecular complexity index is 149. The summed E-state index contributed by atoms with van der Waals surface area (Å²) in [5.74, 6) is -0.512. The first kappa shape index (κ1) is 10.4. The summed E-state index contributed by atoms with van der Waals surface area (Å²) in [6.07, 6.45) is 0. The molecule has 66 valence electrons. The van der Waals surface area contributed by atoms with Gasteiger partial charge in [-0.3, -0.25) is 9.69 Å². The van der Waals surface area contributed by atoms with Crippen LogP contribution in [-0.2, 0) is 4.79 Å². The molecule has 0 saturated heterocycles. The minimum atomic E-state index is -1.09. The van der Waals surface area contributed by atoms with Crippen molar-refractivity contribution < 1.29 is 9.90 Å². The van der Waals surface area contributed by atoms with E-state index in [1.54, 1.807) is 32.8 Å². The molecule has 0 aromatic heterocycles. The average molecular weight is 160 g/mol. The molecule has 0 unspecified atom stereocenters. The normalized spacial score (nSPS) is 15.1. The van der Waals surface area contributed by atoms with E-state index in [0.717, 1.165) is 0 Å². The number of carbonyl (C=O) groups excluding carboxylic acids is 1. The molecule has 1 amide bonds. The van der Waals surface area contributed by atoms with Crippen LogP contribution < -0.4 is 5.73 Å². The van der Waals surface area contributed by atoms with Gasteiger partial charge in [0, 0.05) is 0 Å². The van der Waals surface area contributed by atoms with E-state index in [1.165, 1.54) is 0 Å². The number of carbonyl (C=O) groups is 1. The predicted molar refractivity (Wildman–Crippen MR) is 43.0 cm³/mol. The van der Waals surface area contributed by atoms with Crippen molar-refractivity contribution in [2.45, 2.75) is 25.5 Å².